The standard InChI is InChI=1S/C14H9N3O2/c18-12-5-11(17-3-4-17)14(19)8-1-2-10-9(13(8)12)6-15-7-16-10/h1-2,5-7H,3-4H2. The molecule has 5 heteroatoms. The van der Waals surface area contributed by atoms with Gasteiger partial charge in [-0.05, 0) is 12.1 Å². The van der Waals surface area contributed by atoms with E-state index in [4.69, 9.17) is 0 Å². The highest BCUT2D eigenvalue weighted by molar-refractivity contribution is 6.28. The molecule has 0 spiro atoms. The van der Waals surface area contributed by atoms with E-state index in [-0.39, 0.29) is 11.6 Å². The number of hydrogen-bond donors (Lipinski definition) is 0. The average Bonchev–Trinajstić information content (AvgIpc) is 3.26. The van der Waals surface area contributed by atoms with E-state index < -0.39 is 0 Å². The second-order valence-corrected chi connectivity index (χ2v) is 4.65. The molecule has 0 atom stereocenters. The minimum absolute atomic E-state index is 0.0853. The summed E-state index contributed by atoms with van der Waals surface area (Å²) in [4.78, 5) is 34.6. The van der Waals surface area contributed by atoms with E-state index in [9.17, 15) is 9.59 Å². The number of hydrogen-bond acceptors (Lipinski definition) is 5. The minimum Gasteiger partial charge on any atom is -0.365 e. The maximum absolute atomic E-state index is 12.4. The van der Waals surface area contributed by atoms with Crippen LogP contribution in [0.15, 0.2) is 36.4 Å². The van der Waals surface area contributed by atoms with Gasteiger partial charge in [-0.2, -0.15) is 0 Å². The molecule has 1 fully saturated rings. The van der Waals surface area contributed by atoms with Crippen LogP contribution in [0.25, 0.3) is 10.9 Å². The molecule has 2 heterocycles. The Balaban J connectivity index is 2.01. The van der Waals surface area contributed by atoms with Crippen LogP contribution in [0, 0.1) is 0 Å². The minimum atomic E-state index is -0.142. The van der Waals surface area contributed by atoms with Crippen molar-refractivity contribution < 1.29 is 9.59 Å². The highest BCUT2D eigenvalue weighted by Gasteiger charge is 2.34. The fourth-order valence-electron chi connectivity index (χ4n) is 2.44. The predicted molar refractivity (Wildman–Crippen MR) is 67.9 cm³/mol. The topological polar surface area (TPSA) is 62.9 Å². The van der Waals surface area contributed by atoms with Gasteiger partial charge in [-0.25, -0.2) is 9.97 Å². The van der Waals surface area contributed by atoms with Crippen molar-refractivity contribution in [2.75, 3.05) is 13.1 Å². The van der Waals surface area contributed by atoms with E-state index >= 15 is 0 Å². The van der Waals surface area contributed by atoms with E-state index in [2.05, 4.69) is 9.97 Å². The maximum Gasteiger partial charge on any atom is 0.209 e. The van der Waals surface area contributed by atoms with Crippen molar-refractivity contribution in [2.24, 2.45) is 0 Å². The zero-order valence-electron chi connectivity index (χ0n) is 9.96. The van der Waals surface area contributed by atoms with E-state index in [1.54, 1.807) is 18.3 Å². The summed E-state index contributed by atoms with van der Waals surface area (Å²) < 4.78 is 0. The van der Waals surface area contributed by atoms with Crippen molar-refractivity contribution in [1.82, 2.24) is 14.9 Å². The van der Waals surface area contributed by atoms with Gasteiger partial charge < -0.3 is 4.90 Å². The maximum atomic E-state index is 12.4. The molecule has 1 aromatic carbocycles. The molecule has 0 radical (unpaired) electrons. The number of fused-ring (bicyclic) bond motifs is 3. The summed E-state index contributed by atoms with van der Waals surface area (Å²) in [5.74, 6) is -0.227. The average molecular weight is 251 g/mol. The first kappa shape index (κ1) is 10.4. The lowest BCUT2D eigenvalue weighted by molar-refractivity contribution is 0.0971. The van der Waals surface area contributed by atoms with E-state index in [1.807, 2.05) is 4.90 Å². The van der Waals surface area contributed by atoms with Crippen LogP contribution in [0.1, 0.15) is 20.7 Å². The zero-order valence-corrected chi connectivity index (χ0v) is 9.96. The van der Waals surface area contributed by atoms with Crippen molar-refractivity contribution >= 4 is 22.5 Å². The molecule has 1 aliphatic carbocycles. The van der Waals surface area contributed by atoms with Gasteiger partial charge in [0.2, 0.25) is 5.78 Å². The summed E-state index contributed by atoms with van der Waals surface area (Å²) in [6.45, 7) is 1.69. The van der Waals surface area contributed by atoms with Crippen molar-refractivity contribution in [3.05, 3.63) is 47.6 Å². The lowest BCUT2D eigenvalue weighted by Crippen LogP contribution is -2.21. The molecule has 19 heavy (non-hydrogen) atoms. The molecule has 5 nitrogen and oxygen atoms in total. The molecular formula is C14H9N3O2. The zero-order chi connectivity index (χ0) is 13.0. The van der Waals surface area contributed by atoms with Crippen LogP contribution < -0.4 is 0 Å². The Hall–Kier alpha value is -2.56. The van der Waals surface area contributed by atoms with Gasteiger partial charge in [-0.3, -0.25) is 9.59 Å². The van der Waals surface area contributed by atoms with E-state index in [0.717, 1.165) is 13.1 Å². The third kappa shape index (κ3) is 1.41. The Kier molecular flexibility index (Phi) is 1.90. The molecule has 0 saturated carbocycles. The predicted octanol–water partition coefficient (Wildman–Crippen LogP) is 1.21. The van der Waals surface area contributed by atoms with Gasteiger partial charge >= 0.3 is 0 Å². The summed E-state index contributed by atoms with van der Waals surface area (Å²) in [6, 6.07) is 3.44. The highest BCUT2D eigenvalue weighted by atomic mass is 16.1. The fourth-order valence-corrected chi connectivity index (χ4v) is 2.44. The van der Waals surface area contributed by atoms with Gasteiger partial charge in [-0.1, -0.05) is 0 Å². The molecule has 0 amide bonds. The number of aromatic nitrogens is 2. The van der Waals surface area contributed by atoms with Crippen LogP contribution in [0.5, 0.6) is 0 Å². The molecule has 92 valence electrons. The van der Waals surface area contributed by atoms with Gasteiger partial charge in [0.15, 0.2) is 5.78 Å². The number of carbonyl (C=O) groups excluding carboxylic acids is 2. The Bertz CT molecular complexity index is 775. The highest BCUT2D eigenvalue weighted by Crippen LogP contribution is 2.30. The van der Waals surface area contributed by atoms with Crippen LogP contribution in [-0.2, 0) is 0 Å². The Morgan fingerprint density at radius 1 is 1.16 bits per heavy atom. The smallest absolute Gasteiger partial charge is 0.209 e. The molecule has 4 rings (SSSR count). The molecule has 2 aromatic rings. The number of rotatable bonds is 1. The van der Waals surface area contributed by atoms with Crippen LogP contribution in [0.4, 0.5) is 0 Å². The van der Waals surface area contributed by atoms with Crippen molar-refractivity contribution in [2.45, 2.75) is 0 Å². The lowest BCUT2D eigenvalue weighted by atomic mass is 9.90. The van der Waals surface area contributed by atoms with Gasteiger partial charge in [0.25, 0.3) is 0 Å². The first-order valence-corrected chi connectivity index (χ1v) is 6.04. The summed E-state index contributed by atoms with van der Waals surface area (Å²) in [5, 5.41) is 0.638. The van der Waals surface area contributed by atoms with E-state index in [1.165, 1.54) is 12.4 Å². The monoisotopic (exact) mass is 251 g/mol. The number of nitrogens with zero attached hydrogens (tertiary/aromatic N) is 3. The Morgan fingerprint density at radius 2 is 2.00 bits per heavy atom. The second-order valence-electron chi connectivity index (χ2n) is 4.65. The first-order valence-electron chi connectivity index (χ1n) is 6.04. The van der Waals surface area contributed by atoms with Crippen LogP contribution in [-0.4, -0.2) is 39.5 Å². The third-order valence-corrected chi connectivity index (χ3v) is 3.47. The number of Topliss-reactive ketones (excluding diaryl/α,β-unsaturated/α-hetero) is 1. The second kappa shape index (κ2) is 3.47. The van der Waals surface area contributed by atoms with Crippen LogP contribution in [0.3, 0.4) is 0 Å². The molecule has 1 aliphatic heterocycles. The van der Waals surface area contributed by atoms with Gasteiger partial charge in [0.05, 0.1) is 11.2 Å². The normalized spacial score (nSPS) is 17.5. The van der Waals surface area contributed by atoms with Crippen molar-refractivity contribution in [3.63, 3.8) is 0 Å². The SMILES string of the molecule is O=C1C(N2CC2)=CC(=O)c2c1ccc1ncncc21. The first-order chi connectivity index (χ1) is 9.25. The van der Waals surface area contributed by atoms with Crippen LogP contribution in [0.2, 0.25) is 0 Å². The van der Waals surface area contributed by atoms with Gasteiger partial charge in [0.1, 0.15) is 6.33 Å². The number of ketones is 2. The Morgan fingerprint density at radius 3 is 2.79 bits per heavy atom. The van der Waals surface area contributed by atoms with Crippen molar-refractivity contribution in [1.29, 1.82) is 0 Å². The van der Waals surface area contributed by atoms with E-state index in [0.29, 0.717) is 27.7 Å². The fraction of sp³-hybridized carbons (Fsp3) is 0.143. The molecule has 2 aliphatic rings. The third-order valence-electron chi connectivity index (χ3n) is 3.47. The number of benzene rings is 1. The molecule has 0 bridgehead atoms. The number of allylic oxidation sites excluding steroid dienone is 2. The summed E-state index contributed by atoms with van der Waals surface area (Å²) in [6.07, 6.45) is 4.45. The largest absolute Gasteiger partial charge is 0.365 e. The molecule has 0 N–H and O–H groups in total. The van der Waals surface area contributed by atoms with Crippen molar-refractivity contribution in [3.8, 4) is 0 Å². The van der Waals surface area contributed by atoms with Gasteiger partial charge in [-0.15, -0.1) is 0 Å². The molecule has 1 saturated heterocycles. The summed E-state index contributed by atoms with van der Waals surface area (Å²) in [7, 11) is 0. The molecule has 0 unspecified atom stereocenters. The van der Waals surface area contributed by atoms with Crippen LogP contribution >= 0.6 is 0 Å². The number of carbonyl (C=O) groups is 2. The van der Waals surface area contributed by atoms with Gasteiger partial charge in [0, 0.05) is 41.9 Å². The molecular weight excluding hydrogens is 242 g/mol. The Labute approximate surface area is 108 Å². The quantitative estimate of drug-likeness (QED) is 0.713. The lowest BCUT2D eigenvalue weighted by Gasteiger charge is -2.17. The molecule has 1 aromatic heterocycles. The summed E-state index contributed by atoms with van der Waals surface area (Å²) in [5.41, 5.74) is 2.07. The summed E-state index contributed by atoms with van der Waals surface area (Å²) >= 11 is 0.